The van der Waals surface area contributed by atoms with Crippen molar-refractivity contribution in [2.45, 2.75) is 97.0 Å². The van der Waals surface area contributed by atoms with E-state index < -0.39 is 47.8 Å². The summed E-state index contributed by atoms with van der Waals surface area (Å²) in [6.45, 7) is 6.65. The normalized spacial score (nSPS) is 16.2. The lowest BCUT2D eigenvalue weighted by atomic mass is 9.96. The van der Waals surface area contributed by atoms with Crippen LogP contribution in [0.15, 0.2) is 10.8 Å². The standard InChI is InChI=1S/C29H39F3N4O6S2/c1-15(2)21(36(5)25(38)9-8-18-6-7-18)12-22(42-17(4)37)27-34-20(13-44-27)26(39)33-19(10-16(3)28(40)41)11-24-35-23(14-43-24)29(30,31)32/h13-16,18-19,21-22H,6-12H2,1-5H3,(H,33,39)(H,40,41)/t16-,19+,21?,22?/m0/s1. The van der Waals surface area contributed by atoms with Gasteiger partial charge in [0.2, 0.25) is 5.91 Å². The minimum Gasteiger partial charge on any atom is -0.481 e. The molecule has 244 valence electrons. The molecule has 1 saturated carbocycles. The summed E-state index contributed by atoms with van der Waals surface area (Å²) in [4.78, 5) is 59.3. The zero-order chi connectivity index (χ0) is 32.8. The Bertz CT molecular complexity index is 1310. The van der Waals surface area contributed by atoms with E-state index in [1.165, 1.54) is 19.2 Å². The molecular formula is C29H39F3N4O6S2. The summed E-state index contributed by atoms with van der Waals surface area (Å²) in [6, 6.07) is -1.11. The van der Waals surface area contributed by atoms with Crippen LogP contribution >= 0.6 is 22.7 Å². The molecule has 2 aromatic heterocycles. The Morgan fingerprint density at radius 3 is 2.34 bits per heavy atom. The number of carboxylic acids is 1. The van der Waals surface area contributed by atoms with E-state index in [4.69, 9.17) is 4.74 Å². The van der Waals surface area contributed by atoms with Crippen molar-refractivity contribution in [2.75, 3.05) is 7.05 Å². The van der Waals surface area contributed by atoms with E-state index in [9.17, 15) is 37.5 Å². The smallest absolute Gasteiger partial charge is 0.434 e. The predicted octanol–water partition coefficient (Wildman–Crippen LogP) is 5.74. The first kappa shape index (κ1) is 35.4. The number of nitrogens with one attached hydrogen (secondary N) is 1. The second-order valence-corrected chi connectivity index (χ2v) is 13.5. The van der Waals surface area contributed by atoms with Gasteiger partial charge in [-0.2, -0.15) is 13.2 Å². The monoisotopic (exact) mass is 660 g/mol. The Morgan fingerprint density at radius 1 is 1.11 bits per heavy atom. The first-order valence-electron chi connectivity index (χ1n) is 14.5. The molecule has 0 radical (unpaired) electrons. The number of halogens is 3. The number of esters is 1. The summed E-state index contributed by atoms with van der Waals surface area (Å²) >= 11 is 1.87. The van der Waals surface area contributed by atoms with Crippen LogP contribution < -0.4 is 5.32 Å². The number of alkyl halides is 3. The van der Waals surface area contributed by atoms with Crippen molar-refractivity contribution in [1.82, 2.24) is 20.2 Å². The Hall–Kier alpha value is -3.07. The van der Waals surface area contributed by atoms with Crippen LogP contribution in [0.1, 0.15) is 98.5 Å². The quantitative estimate of drug-likeness (QED) is 0.218. The molecule has 0 bridgehead atoms. The average Bonchev–Trinajstić information content (AvgIpc) is 3.39. The highest BCUT2D eigenvalue weighted by Crippen LogP contribution is 2.35. The third kappa shape index (κ3) is 10.5. The van der Waals surface area contributed by atoms with Gasteiger partial charge in [-0.05, 0) is 24.7 Å². The first-order chi connectivity index (χ1) is 20.5. The average molecular weight is 661 g/mol. The highest BCUT2D eigenvalue weighted by molar-refractivity contribution is 7.10. The van der Waals surface area contributed by atoms with Crippen LogP contribution in [0.4, 0.5) is 13.2 Å². The van der Waals surface area contributed by atoms with Crippen molar-refractivity contribution < 1.29 is 42.2 Å². The Kier molecular flexibility index (Phi) is 12.3. The van der Waals surface area contributed by atoms with E-state index in [2.05, 4.69) is 15.3 Å². The number of hydrogen-bond donors (Lipinski definition) is 2. The lowest BCUT2D eigenvalue weighted by molar-refractivity contribution is -0.148. The third-order valence-corrected chi connectivity index (χ3v) is 9.38. The summed E-state index contributed by atoms with van der Waals surface area (Å²) in [7, 11) is 1.74. The Labute approximate surface area is 262 Å². The minimum atomic E-state index is -4.62. The van der Waals surface area contributed by atoms with Crippen molar-refractivity contribution in [2.24, 2.45) is 17.8 Å². The van der Waals surface area contributed by atoms with E-state index >= 15 is 0 Å². The van der Waals surface area contributed by atoms with Crippen molar-refractivity contribution in [3.8, 4) is 0 Å². The van der Waals surface area contributed by atoms with Gasteiger partial charge in [0.1, 0.15) is 10.7 Å². The molecule has 2 N–H and O–H groups in total. The fraction of sp³-hybridized carbons (Fsp3) is 0.655. The number of carbonyl (C=O) groups excluding carboxylic acids is 3. The number of thiazole rings is 2. The van der Waals surface area contributed by atoms with Gasteiger partial charge in [0, 0.05) is 56.1 Å². The number of hydrogen-bond acceptors (Lipinski definition) is 9. The van der Waals surface area contributed by atoms with Crippen LogP contribution in [0.3, 0.4) is 0 Å². The second-order valence-electron chi connectivity index (χ2n) is 11.7. The molecule has 0 saturated heterocycles. The van der Waals surface area contributed by atoms with E-state index in [1.807, 2.05) is 13.8 Å². The Balaban J connectivity index is 1.76. The highest BCUT2D eigenvalue weighted by atomic mass is 32.1. The van der Waals surface area contributed by atoms with Gasteiger partial charge >= 0.3 is 18.1 Å². The summed E-state index contributed by atoms with van der Waals surface area (Å²) in [5.74, 6) is -2.55. The molecule has 44 heavy (non-hydrogen) atoms. The topological polar surface area (TPSA) is 139 Å². The number of aliphatic carboxylic acids is 1. The molecule has 10 nitrogen and oxygen atoms in total. The van der Waals surface area contributed by atoms with Gasteiger partial charge in [0.05, 0.1) is 10.9 Å². The fourth-order valence-electron chi connectivity index (χ4n) is 4.86. The molecular weight excluding hydrogens is 621 g/mol. The maximum Gasteiger partial charge on any atom is 0.434 e. The summed E-state index contributed by atoms with van der Waals surface area (Å²) in [5, 5.41) is 14.9. The summed E-state index contributed by atoms with van der Waals surface area (Å²) < 4.78 is 44.7. The van der Waals surface area contributed by atoms with Crippen molar-refractivity contribution >= 4 is 46.4 Å². The zero-order valence-corrected chi connectivity index (χ0v) is 27.0. The second kappa shape index (κ2) is 15.3. The van der Waals surface area contributed by atoms with Gasteiger partial charge in [-0.25, -0.2) is 9.97 Å². The molecule has 0 aliphatic heterocycles. The van der Waals surface area contributed by atoms with Crippen LogP contribution in [0.25, 0.3) is 0 Å². The highest BCUT2D eigenvalue weighted by Gasteiger charge is 2.35. The lowest BCUT2D eigenvalue weighted by Crippen LogP contribution is -2.41. The third-order valence-electron chi connectivity index (χ3n) is 7.58. The number of carbonyl (C=O) groups is 4. The van der Waals surface area contributed by atoms with E-state index in [0.717, 1.165) is 47.3 Å². The molecule has 1 fully saturated rings. The number of rotatable bonds is 16. The van der Waals surface area contributed by atoms with Crippen molar-refractivity contribution in [3.05, 3.63) is 32.2 Å². The molecule has 2 aromatic rings. The van der Waals surface area contributed by atoms with Crippen LogP contribution in [0.2, 0.25) is 0 Å². The van der Waals surface area contributed by atoms with Crippen molar-refractivity contribution in [3.63, 3.8) is 0 Å². The van der Waals surface area contributed by atoms with Crippen LogP contribution in [0.5, 0.6) is 0 Å². The maximum atomic E-state index is 13.2. The molecule has 4 atom stereocenters. The fourth-order valence-corrected chi connectivity index (χ4v) is 6.58. The Morgan fingerprint density at radius 2 is 1.80 bits per heavy atom. The van der Waals surface area contributed by atoms with Gasteiger partial charge in [-0.1, -0.05) is 33.6 Å². The number of amides is 2. The molecule has 2 heterocycles. The first-order valence-corrected chi connectivity index (χ1v) is 16.2. The molecule has 1 aliphatic carbocycles. The van der Waals surface area contributed by atoms with E-state index in [-0.39, 0.29) is 47.8 Å². The molecule has 3 rings (SSSR count). The zero-order valence-electron chi connectivity index (χ0n) is 25.3. The van der Waals surface area contributed by atoms with Crippen LogP contribution in [0, 0.1) is 17.8 Å². The van der Waals surface area contributed by atoms with E-state index in [0.29, 0.717) is 17.3 Å². The molecule has 0 spiro atoms. The van der Waals surface area contributed by atoms with Gasteiger partial charge < -0.3 is 20.1 Å². The molecule has 2 amide bonds. The number of aromatic nitrogens is 2. The molecule has 15 heteroatoms. The molecule has 1 aliphatic rings. The minimum absolute atomic E-state index is 0.0137. The number of ether oxygens (including phenoxy) is 1. The lowest BCUT2D eigenvalue weighted by Gasteiger charge is -2.33. The van der Waals surface area contributed by atoms with E-state index in [1.54, 1.807) is 11.9 Å². The number of carboxylic acid groups (broad SMARTS) is 1. The number of nitrogens with zero attached hydrogens (tertiary/aromatic N) is 3. The van der Waals surface area contributed by atoms with Gasteiger partial charge in [-0.15, -0.1) is 22.7 Å². The van der Waals surface area contributed by atoms with Crippen LogP contribution in [-0.2, 0) is 31.7 Å². The predicted molar refractivity (Wildman–Crippen MR) is 158 cm³/mol. The maximum absolute atomic E-state index is 13.2. The van der Waals surface area contributed by atoms with Crippen molar-refractivity contribution in [1.29, 1.82) is 0 Å². The van der Waals surface area contributed by atoms with Gasteiger partial charge in [0.25, 0.3) is 5.91 Å². The molecule has 2 unspecified atom stereocenters. The summed E-state index contributed by atoms with van der Waals surface area (Å²) in [6.07, 6.45) is -1.73. The summed E-state index contributed by atoms with van der Waals surface area (Å²) in [5.41, 5.74) is -1.07. The molecule has 0 aromatic carbocycles. The van der Waals surface area contributed by atoms with Gasteiger partial charge in [-0.3, -0.25) is 19.2 Å². The van der Waals surface area contributed by atoms with Crippen LogP contribution in [-0.4, -0.2) is 62.9 Å². The largest absolute Gasteiger partial charge is 0.481 e. The SMILES string of the molecule is CC(=O)OC(CC(C(C)C)N(C)C(=O)CCC1CC1)c1nc(C(=O)N[C@@H](Cc2nc(C(F)(F)F)cs2)C[C@H](C)C(=O)O)cs1. The van der Waals surface area contributed by atoms with Gasteiger partial charge in [0.15, 0.2) is 11.8 Å².